The van der Waals surface area contributed by atoms with E-state index in [4.69, 9.17) is 5.73 Å². The molecule has 1 fully saturated rings. The zero-order valence-corrected chi connectivity index (χ0v) is 21.6. The number of hydrogen-bond acceptors (Lipinski definition) is 7. The van der Waals surface area contributed by atoms with Gasteiger partial charge in [0.05, 0.1) is 12.4 Å². The van der Waals surface area contributed by atoms with Crippen molar-refractivity contribution in [2.45, 2.75) is 70.1 Å². The first kappa shape index (κ1) is 28.6. The van der Waals surface area contributed by atoms with E-state index in [-0.39, 0.29) is 36.8 Å². The maximum Gasteiger partial charge on any atom is 0.326 e. The number of aromatic hydroxyl groups is 1. The van der Waals surface area contributed by atoms with Crippen molar-refractivity contribution in [2.75, 3.05) is 6.54 Å². The largest absolute Gasteiger partial charge is 0.508 e. The summed E-state index contributed by atoms with van der Waals surface area (Å²) >= 11 is 0. The van der Waals surface area contributed by atoms with Crippen LogP contribution in [0.3, 0.4) is 0 Å². The van der Waals surface area contributed by atoms with Gasteiger partial charge in [-0.25, -0.2) is 9.78 Å². The van der Waals surface area contributed by atoms with E-state index in [1.54, 1.807) is 12.1 Å². The molecule has 1 aliphatic heterocycles. The number of likely N-dealkylation sites (tertiary alicyclic amines) is 1. The summed E-state index contributed by atoms with van der Waals surface area (Å²) < 4.78 is 0. The average molecular weight is 529 g/mol. The maximum absolute atomic E-state index is 13.3. The number of H-pyrrole nitrogens is 1. The van der Waals surface area contributed by atoms with Crippen molar-refractivity contribution in [2.24, 2.45) is 11.7 Å². The number of benzene rings is 1. The molecule has 7 N–H and O–H groups in total. The quantitative estimate of drug-likeness (QED) is 0.227. The molecule has 0 bridgehead atoms. The number of imidazole rings is 1. The summed E-state index contributed by atoms with van der Waals surface area (Å²) in [4.78, 5) is 59.4. The second-order valence-corrected chi connectivity index (χ2v) is 10.0. The molecule has 38 heavy (non-hydrogen) atoms. The van der Waals surface area contributed by atoms with Gasteiger partial charge in [0, 0.05) is 24.9 Å². The van der Waals surface area contributed by atoms with Crippen molar-refractivity contribution in [1.82, 2.24) is 25.5 Å². The Kier molecular flexibility index (Phi) is 9.83. The number of phenols is 1. The number of aliphatic carboxylic acids is 1. The van der Waals surface area contributed by atoms with Crippen LogP contribution in [0.15, 0.2) is 36.8 Å². The van der Waals surface area contributed by atoms with Crippen LogP contribution in [0.4, 0.5) is 0 Å². The number of hydrogen-bond donors (Lipinski definition) is 6. The highest BCUT2D eigenvalue weighted by molar-refractivity contribution is 5.94. The number of rotatable bonds is 12. The van der Waals surface area contributed by atoms with E-state index in [0.29, 0.717) is 25.1 Å². The van der Waals surface area contributed by atoms with E-state index in [1.165, 1.54) is 29.6 Å². The van der Waals surface area contributed by atoms with Crippen molar-refractivity contribution in [1.29, 1.82) is 0 Å². The van der Waals surface area contributed by atoms with Crippen LogP contribution < -0.4 is 16.4 Å². The second-order valence-electron chi connectivity index (χ2n) is 10.0. The molecule has 1 aromatic carbocycles. The third-order valence-electron chi connectivity index (χ3n) is 6.48. The lowest BCUT2D eigenvalue weighted by molar-refractivity contribution is -0.143. The molecule has 12 nitrogen and oxygen atoms in total. The normalized spacial score (nSPS) is 17.6. The van der Waals surface area contributed by atoms with Gasteiger partial charge < -0.3 is 36.5 Å². The molecule has 0 radical (unpaired) electrons. The van der Waals surface area contributed by atoms with Crippen molar-refractivity contribution in [3.63, 3.8) is 0 Å². The van der Waals surface area contributed by atoms with Crippen LogP contribution >= 0.6 is 0 Å². The van der Waals surface area contributed by atoms with Gasteiger partial charge >= 0.3 is 5.97 Å². The van der Waals surface area contributed by atoms with Crippen LogP contribution in [0.2, 0.25) is 0 Å². The Bertz CT molecular complexity index is 1100. The Balaban J connectivity index is 1.65. The van der Waals surface area contributed by atoms with Crippen LogP contribution in [-0.2, 0) is 32.0 Å². The number of nitrogens with one attached hydrogen (secondary N) is 3. The minimum atomic E-state index is -1.21. The van der Waals surface area contributed by atoms with Gasteiger partial charge in [-0.2, -0.15) is 0 Å². The molecule has 0 aliphatic carbocycles. The smallest absolute Gasteiger partial charge is 0.326 e. The molecule has 4 atom stereocenters. The van der Waals surface area contributed by atoms with Crippen molar-refractivity contribution in [3.05, 3.63) is 48.0 Å². The van der Waals surface area contributed by atoms with E-state index in [2.05, 4.69) is 20.6 Å². The highest BCUT2D eigenvalue weighted by atomic mass is 16.4. The fourth-order valence-corrected chi connectivity index (χ4v) is 4.55. The summed E-state index contributed by atoms with van der Waals surface area (Å²) in [5.74, 6) is -2.53. The predicted molar refractivity (Wildman–Crippen MR) is 138 cm³/mol. The Morgan fingerprint density at radius 2 is 1.84 bits per heavy atom. The lowest BCUT2D eigenvalue weighted by Crippen LogP contribution is -2.57. The molecule has 1 saturated heterocycles. The minimum Gasteiger partial charge on any atom is -0.508 e. The summed E-state index contributed by atoms with van der Waals surface area (Å²) in [5.41, 5.74) is 7.50. The van der Waals surface area contributed by atoms with Gasteiger partial charge in [-0.1, -0.05) is 26.0 Å². The fraction of sp³-hybridized carbons (Fsp3) is 0.500. The van der Waals surface area contributed by atoms with E-state index in [0.717, 1.165) is 5.56 Å². The van der Waals surface area contributed by atoms with Crippen LogP contribution in [0.25, 0.3) is 0 Å². The molecule has 12 heteroatoms. The zero-order valence-electron chi connectivity index (χ0n) is 21.6. The molecule has 2 heterocycles. The third-order valence-corrected chi connectivity index (χ3v) is 6.48. The summed E-state index contributed by atoms with van der Waals surface area (Å²) in [6.45, 7) is 4.14. The van der Waals surface area contributed by atoms with Gasteiger partial charge in [-0.05, 0) is 49.3 Å². The Morgan fingerprint density at radius 3 is 2.45 bits per heavy atom. The maximum atomic E-state index is 13.3. The van der Waals surface area contributed by atoms with Crippen molar-refractivity contribution in [3.8, 4) is 5.75 Å². The Hall–Kier alpha value is -3.93. The van der Waals surface area contributed by atoms with Gasteiger partial charge in [0.15, 0.2) is 0 Å². The molecular formula is C26H36N6O6. The number of aromatic nitrogens is 2. The number of nitrogens with two attached hydrogens (primary N) is 1. The Morgan fingerprint density at radius 1 is 1.13 bits per heavy atom. The van der Waals surface area contributed by atoms with E-state index >= 15 is 0 Å². The lowest BCUT2D eigenvalue weighted by Gasteiger charge is -2.29. The molecule has 3 rings (SSSR count). The standard InChI is InChI=1S/C26H36N6O6/c1-15(2)10-20(23(34)31-21(26(37)38)12-17-13-28-14-29-17)30-24(35)22-4-3-9-32(22)25(36)19(27)11-16-5-7-18(33)8-6-16/h5-8,13-15,19-22,33H,3-4,9-12,27H2,1-2H3,(H,28,29)(H,30,35)(H,31,34)(H,37,38). The number of carboxylic acid groups (broad SMARTS) is 1. The van der Waals surface area contributed by atoms with Crippen molar-refractivity contribution < 1.29 is 29.4 Å². The first-order chi connectivity index (χ1) is 18.0. The van der Waals surface area contributed by atoms with Crippen LogP contribution in [0.1, 0.15) is 44.4 Å². The number of nitrogens with zero attached hydrogens (tertiary/aromatic N) is 2. The predicted octanol–water partition coefficient (Wildman–Crippen LogP) is 0.319. The average Bonchev–Trinajstić information content (AvgIpc) is 3.56. The number of aromatic amines is 1. The lowest BCUT2D eigenvalue weighted by atomic mass is 10.0. The van der Waals surface area contributed by atoms with Gasteiger partial charge in [0.1, 0.15) is 23.9 Å². The van der Waals surface area contributed by atoms with Crippen molar-refractivity contribution >= 4 is 23.7 Å². The number of carbonyl (C=O) groups excluding carboxylic acids is 3. The summed E-state index contributed by atoms with van der Waals surface area (Å²) in [6, 6.07) is 2.56. The summed E-state index contributed by atoms with van der Waals surface area (Å²) in [7, 11) is 0. The van der Waals surface area contributed by atoms with E-state index in [1.807, 2.05) is 13.8 Å². The number of phenolic OH excluding ortho intramolecular Hbond substituents is 1. The van der Waals surface area contributed by atoms with Crippen LogP contribution in [-0.4, -0.2) is 79.5 Å². The van der Waals surface area contributed by atoms with Crippen LogP contribution in [0.5, 0.6) is 5.75 Å². The molecule has 4 unspecified atom stereocenters. The summed E-state index contributed by atoms with van der Waals surface area (Å²) in [5, 5.41) is 24.3. The monoisotopic (exact) mass is 528 g/mol. The number of carbonyl (C=O) groups is 4. The number of amides is 3. The third kappa shape index (κ3) is 7.78. The topological polar surface area (TPSA) is 191 Å². The molecule has 3 amide bonds. The second kappa shape index (κ2) is 13.0. The summed E-state index contributed by atoms with van der Waals surface area (Å²) in [6.07, 6.45) is 4.48. The van der Waals surface area contributed by atoms with Crippen LogP contribution in [0, 0.1) is 5.92 Å². The molecular weight excluding hydrogens is 492 g/mol. The van der Waals surface area contributed by atoms with E-state index in [9.17, 15) is 29.4 Å². The first-order valence-corrected chi connectivity index (χ1v) is 12.7. The van der Waals surface area contributed by atoms with Gasteiger partial charge in [-0.15, -0.1) is 0 Å². The molecule has 2 aromatic rings. The highest BCUT2D eigenvalue weighted by Gasteiger charge is 2.38. The highest BCUT2D eigenvalue weighted by Crippen LogP contribution is 2.20. The number of carboxylic acids is 1. The van der Waals surface area contributed by atoms with Gasteiger partial charge in [-0.3, -0.25) is 14.4 Å². The molecule has 0 saturated carbocycles. The molecule has 0 spiro atoms. The SMILES string of the molecule is CC(C)CC(NC(=O)C1CCCN1C(=O)C(N)Cc1ccc(O)cc1)C(=O)NC(Cc1cnc[nH]1)C(=O)O. The van der Waals surface area contributed by atoms with Gasteiger partial charge in [0.2, 0.25) is 17.7 Å². The fourth-order valence-electron chi connectivity index (χ4n) is 4.55. The molecule has 1 aliphatic rings. The zero-order chi connectivity index (χ0) is 27.8. The molecule has 1 aromatic heterocycles. The van der Waals surface area contributed by atoms with Gasteiger partial charge in [0.25, 0.3) is 0 Å². The Labute approximate surface area is 221 Å². The minimum absolute atomic E-state index is 0.00719. The first-order valence-electron chi connectivity index (χ1n) is 12.7. The van der Waals surface area contributed by atoms with E-state index < -0.39 is 42.0 Å². The molecule has 206 valence electrons.